The maximum Gasteiger partial charge on any atom is 0.333 e. The normalized spacial score (nSPS) is 10.3. The molecule has 0 spiro atoms. The van der Waals surface area contributed by atoms with E-state index in [2.05, 4.69) is 27.4 Å². The lowest BCUT2D eigenvalue weighted by Crippen LogP contribution is -2.42. The van der Waals surface area contributed by atoms with Crippen molar-refractivity contribution in [2.45, 2.75) is 12.8 Å². The van der Waals surface area contributed by atoms with E-state index in [0.29, 0.717) is 0 Å². The lowest BCUT2D eigenvalue weighted by molar-refractivity contribution is -0.169. The van der Waals surface area contributed by atoms with Gasteiger partial charge >= 0.3 is 17.9 Å². The Morgan fingerprint density at radius 1 is 1.05 bits per heavy atom. The first-order valence-electron chi connectivity index (χ1n) is 5.43. The monoisotopic (exact) mass is 270 g/mol. The van der Waals surface area contributed by atoms with Gasteiger partial charge in [0.25, 0.3) is 0 Å². The van der Waals surface area contributed by atoms with Crippen LogP contribution in [0.1, 0.15) is 12.8 Å². The average molecular weight is 270 g/mol. The first kappa shape index (κ1) is 16.9. The van der Waals surface area contributed by atoms with Crippen LogP contribution in [-0.4, -0.2) is 39.2 Å². The van der Waals surface area contributed by atoms with Crippen LogP contribution in [0.2, 0.25) is 0 Å². The molecule has 0 atom stereocenters. The van der Waals surface area contributed by atoms with E-state index in [-0.39, 0.29) is 18.4 Å². The summed E-state index contributed by atoms with van der Waals surface area (Å²) in [6, 6.07) is 0. The molecule has 0 aromatic heterocycles. The van der Waals surface area contributed by atoms with E-state index >= 15 is 0 Å². The molecule has 6 nitrogen and oxygen atoms in total. The Balaban J connectivity index is 5.51. The van der Waals surface area contributed by atoms with Gasteiger partial charge in [0.1, 0.15) is 0 Å². The van der Waals surface area contributed by atoms with Crippen LogP contribution >= 0.6 is 0 Å². The highest BCUT2D eigenvalue weighted by Crippen LogP contribution is 2.34. The van der Waals surface area contributed by atoms with Gasteiger partial charge in [0, 0.05) is 12.0 Å². The zero-order chi connectivity index (χ0) is 15.1. The van der Waals surface area contributed by atoms with E-state index in [0.717, 1.165) is 14.2 Å². The zero-order valence-corrected chi connectivity index (χ0v) is 11.4. The largest absolute Gasteiger partial charge is 0.468 e. The Morgan fingerprint density at radius 2 is 1.53 bits per heavy atom. The van der Waals surface area contributed by atoms with E-state index in [9.17, 15) is 14.4 Å². The van der Waals surface area contributed by atoms with Gasteiger partial charge < -0.3 is 14.2 Å². The van der Waals surface area contributed by atoms with Crippen molar-refractivity contribution in [3.8, 4) is 0 Å². The SMILES string of the molecule is C=CCC(CC(=C)C(=O)OC)(C(=O)OC)C(=O)OC. The van der Waals surface area contributed by atoms with Crippen LogP contribution in [0.5, 0.6) is 0 Å². The Bertz CT molecular complexity index is 380. The van der Waals surface area contributed by atoms with Crippen LogP contribution in [0.15, 0.2) is 24.8 Å². The molecule has 0 fully saturated rings. The molecular weight excluding hydrogens is 252 g/mol. The number of hydrogen-bond donors (Lipinski definition) is 0. The minimum Gasteiger partial charge on any atom is -0.468 e. The number of methoxy groups -OCH3 is 3. The third-order valence-electron chi connectivity index (χ3n) is 2.63. The van der Waals surface area contributed by atoms with Crippen molar-refractivity contribution in [1.82, 2.24) is 0 Å². The molecule has 0 aromatic carbocycles. The number of ether oxygens (including phenoxy) is 3. The van der Waals surface area contributed by atoms with E-state index in [1.54, 1.807) is 0 Å². The van der Waals surface area contributed by atoms with Crippen LogP contribution < -0.4 is 0 Å². The van der Waals surface area contributed by atoms with Crippen molar-refractivity contribution in [3.63, 3.8) is 0 Å². The highest BCUT2D eigenvalue weighted by atomic mass is 16.5. The molecule has 106 valence electrons. The maximum atomic E-state index is 11.9. The second-order valence-corrected chi connectivity index (χ2v) is 3.83. The number of hydrogen-bond acceptors (Lipinski definition) is 6. The van der Waals surface area contributed by atoms with E-state index in [1.807, 2.05) is 0 Å². The van der Waals surface area contributed by atoms with E-state index < -0.39 is 23.3 Å². The highest BCUT2D eigenvalue weighted by Gasteiger charge is 2.48. The molecule has 0 unspecified atom stereocenters. The van der Waals surface area contributed by atoms with Gasteiger partial charge in [-0.15, -0.1) is 6.58 Å². The summed E-state index contributed by atoms with van der Waals surface area (Å²) in [5, 5.41) is 0. The zero-order valence-electron chi connectivity index (χ0n) is 11.4. The fraction of sp³-hybridized carbons (Fsp3) is 0.462. The molecule has 0 rings (SSSR count). The molecule has 6 heteroatoms. The van der Waals surface area contributed by atoms with Crippen molar-refractivity contribution >= 4 is 17.9 Å². The Kier molecular flexibility index (Phi) is 6.54. The molecule has 0 aliphatic heterocycles. The molecule has 0 bridgehead atoms. The minimum atomic E-state index is -1.67. The van der Waals surface area contributed by atoms with Crippen molar-refractivity contribution < 1.29 is 28.6 Å². The van der Waals surface area contributed by atoms with Gasteiger partial charge in [-0.25, -0.2) is 4.79 Å². The van der Waals surface area contributed by atoms with Gasteiger partial charge in [-0.05, 0) is 6.42 Å². The average Bonchev–Trinajstić information content (AvgIpc) is 2.43. The van der Waals surface area contributed by atoms with E-state index in [1.165, 1.54) is 13.2 Å². The van der Waals surface area contributed by atoms with Crippen molar-refractivity contribution in [3.05, 3.63) is 24.8 Å². The quantitative estimate of drug-likeness (QED) is 0.226. The van der Waals surface area contributed by atoms with Crippen LogP contribution in [0, 0.1) is 5.41 Å². The lowest BCUT2D eigenvalue weighted by Gasteiger charge is -2.27. The fourth-order valence-electron chi connectivity index (χ4n) is 1.68. The summed E-state index contributed by atoms with van der Waals surface area (Å²) >= 11 is 0. The number of esters is 3. The van der Waals surface area contributed by atoms with Gasteiger partial charge in [0.15, 0.2) is 5.41 Å². The predicted octanol–water partition coefficient (Wildman–Crippen LogP) is 1.01. The molecule has 0 aromatic rings. The number of carbonyl (C=O) groups is 3. The minimum absolute atomic E-state index is 0.0276. The van der Waals surface area contributed by atoms with Crippen molar-refractivity contribution in [1.29, 1.82) is 0 Å². The molecule has 0 N–H and O–H groups in total. The Labute approximate surface area is 112 Å². The molecule has 0 heterocycles. The van der Waals surface area contributed by atoms with Gasteiger partial charge in [-0.1, -0.05) is 12.7 Å². The van der Waals surface area contributed by atoms with Gasteiger partial charge in [-0.2, -0.15) is 0 Å². The number of allylic oxidation sites excluding steroid dienone is 1. The third-order valence-corrected chi connectivity index (χ3v) is 2.63. The number of rotatable bonds is 7. The van der Waals surface area contributed by atoms with Crippen LogP contribution in [0.3, 0.4) is 0 Å². The molecule has 0 amide bonds. The predicted molar refractivity (Wildman–Crippen MR) is 67.1 cm³/mol. The fourth-order valence-corrected chi connectivity index (χ4v) is 1.68. The smallest absolute Gasteiger partial charge is 0.333 e. The maximum absolute atomic E-state index is 11.9. The van der Waals surface area contributed by atoms with E-state index in [4.69, 9.17) is 0 Å². The van der Waals surface area contributed by atoms with Crippen molar-refractivity contribution in [2.75, 3.05) is 21.3 Å². The van der Waals surface area contributed by atoms with Gasteiger partial charge in [0.05, 0.1) is 21.3 Å². The second-order valence-electron chi connectivity index (χ2n) is 3.83. The van der Waals surface area contributed by atoms with Crippen LogP contribution in [-0.2, 0) is 28.6 Å². The molecule has 0 saturated carbocycles. The number of carbonyl (C=O) groups excluding carboxylic acids is 3. The lowest BCUT2D eigenvalue weighted by atomic mass is 9.78. The summed E-state index contributed by atoms with van der Waals surface area (Å²) in [5.74, 6) is -2.34. The standard InChI is InChI=1S/C13H18O6/c1-6-7-13(11(15)18-4,12(16)19-5)8-9(2)10(14)17-3/h6H,1-2,7-8H2,3-5H3. The third kappa shape index (κ3) is 3.67. The summed E-state index contributed by atoms with van der Waals surface area (Å²) in [7, 11) is 3.47. The molecular formula is C13H18O6. The molecule has 0 saturated heterocycles. The molecule has 0 radical (unpaired) electrons. The summed E-state index contributed by atoms with van der Waals surface area (Å²) in [5.41, 5.74) is -1.70. The van der Waals surface area contributed by atoms with Gasteiger partial charge in [0.2, 0.25) is 0 Å². The molecule has 0 aliphatic rings. The molecule has 0 aliphatic carbocycles. The van der Waals surface area contributed by atoms with Crippen molar-refractivity contribution in [2.24, 2.45) is 5.41 Å². The van der Waals surface area contributed by atoms with Crippen LogP contribution in [0.25, 0.3) is 0 Å². The summed E-state index contributed by atoms with van der Waals surface area (Å²) in [6.45, 7) is 6.99. The summed E-state index contributed by atoms with van der Waals surface area (Å²) < 4.78 is 13.7. The summed E-state index contributed by atoms with van der Waals surface area (Å²) in [4.78, 5) is 35.2. The Morgan fingerprint density at radius 3 is 1.84 bits per heavy atom. The van der Waals surface area contributed by atoms with Gasteiger partial charge in [-0.3, -0.25) is 9.59 Å². The first-order chi connectivity index (χ1) is 8.89. The Hall–Kier alpha value is -2.11. The highest BCUT2D eigenvalue weighted by molar-refractivity contribution is 6.02. The second kappa shape index (κ2) is 7.35. The molecule has 19 heavy (non-hydrogen) atoms. The summed E-state index contributed by atoms with van der Waals surface area (Å²) in [6.07, 6.45) is 1.08. The first-order valence-corrected chi connectivity index (χ1v) is 5.43. The van der Waals surface area contributed by atoms with Crippen LogP contribution in [0.4, 0.5) is 0 Å². The topological polar surface area (TPSA) is 78.9 Å².